The Balaban J connectivity index is 2.09. The molecule has 0 aromatic heterocycles. The zero-order chi connectivity index (χ0) is 10.1. The highest BCUT2D eigenvalue weighted by Gasteiger charge is 2.43. The van der Waals surface area contributed by atoms with Crippen LogP contribution in [0.2, 0.25) is 0 Å². The van der Waals surface area contributed by atoms with Crippen molar-refractivity contribution in [3.05, 3.63) is 34.3 Å². The second-order valence-corrected chi connectivity index (χ2v) is 4.53. The molecule has 1 amide bonds. The third kappa shape index (κ3) is 1.82. The minimum absolute atomic E-state index is 0.162. The maximum Gasteiger partial charge on any atom is 0.223 e. The highest BCUT2D eigenvalue weighted by molar-refractivity contribution is 9.10. The maximum absolute atomic E-state index is 11.3. The molecule has 2 atom stereocenters. The Morgan fingerprint density at radius 3 is 3.00 bits per heavy atom. The van der Waals surface area contributed by atoms with E-state index < -0.39 is 0 Å². The van der Waals surface area contributed by atoms with E-state index >= 15 is 0 Å². The summed E-state index contributed by atoms with van der Waals surface area (Å²) in [5, 5.41) is 2.69. The molecule has 0 heterocycles. The standard InChI is InChI=1S/C11H12BrNO/c1-13-11(14)10-6-9(10)7-3-2-4-8(12)5-7/h2-5,9-10H,6H2,1H3,(H,13,14)/t9-,10+/m0/s1. The summed E-state index contributed by atoms with van der Waals surface area (Å²) in [6.07, 6.45) is 0.982. The van der Waals surface area contributed by atoms with Gasteiger partial charge in [-0.25, -0.2) is 0 Å². The average molecular weight is 254 g/mol. The summed E-state index contributed by atoms with van der Waals surface area (Å²) in [6.45, 7) is 0. The Morgan fingerprint density at radius 2 is 2.36 bits per heavy atom. The van der Waals surface area contributed by atoms with Crippen molar-refractivity contribution in [1.82, 2.24) is 5.32 Å². The van der Waals surface area contributed by atoms with Crippen LogP contribution in [0.15, 0.2) is 28.7 Å². The first-order chi connectivity index (χ1) is 6.72. The summed E-state index contributed by atoms with van der Waals surface area (Å²) < 4.78 is 1.08. The van der Waals surface area contributed by atoms with Crippen molar-refractivity contribution >= 4 is 21.8 Å². The van der Waals surface area contributed by atoms with E-state index in [0.717, 1.165) is 10.9 Å². The lowest BCUT2D eigenvalue weighted by Gasteiger charge is -2.00. The van der Waals surface area contributed by atoms with Gasteiger partial charge in [-0.2, -0.15) is 0 Å². The van der Waals surface area contributed by atoms with E-state index in [1.54, 1.807) is 7.05 Å². The van der Waals surface area contributed by atoms with Crippen molar-refractivity contribution in [3.8, 4) is 0 Å². The van der Waals surface area contributed by atoms with Gasteiger partial charge in [0.05, 0.1) is 0 Å². The second kappa shape index (κ2) is 3.73. The molecule has 0 aliphatic heterocycles. The molecule has 0 saturated heterocycles. The zero-order valence-electron chi connectivity index (χ0n) is 7.96. The number of rotatable bonds is 2. The van der Waals surface area contributed by atoms with Gasteiger partial charge in [-0.1, -0.05) is 28.1 Å². The number of hydrogen-bond donors (Lipinski definition) is 1. The predicted octanol–water partition coefficient (Wildman–Crippen LogP) is 2.30. The van der Waals surface area contributed by atoms with Crippen LogP contribution in [0.25, 0.3) is 0 Å². The van der Waals surface area contributed by atoms with Crippen LogP contribution in [-0.2, 0) is 4.79 Å². The van der Waals surface area contributed by atoms with E-state index in [9.17, 15) is 4.79 Å². The van der Waals surface area contributed by atoms with Crippen LogP contribution in [0.1, 0.15) is 17.9 Å². The predicted molar refractivity (Wildman–Crippen MR) is 59.1 cm³/mol. The van der Waals surface area contributed by atoms with Crippen molar-refractivity contribution < 1.29 is 4.79 Å². The largest absolute Gasteiger partial charge is 0.359 e. The Morgan fingerprint density at radius 1 is 1.57 bits per heavy atom. The zero-order valence-corrected chi connectivity index (χ0v) is 9.54. The number of carbonyl (C=O) groups is 1. The fourth-order valence-corrected chi connectivity index (χ4v) is 2.19. The lowest BCUT2D eigenvalue weighted by atomic mass is 10.1. The van der Waals surface area contributed by atoms with Crippen LogP contribution in [0, 0.1) is 5.92 Å². The summed E-state index contributed by atoms with van der Waals surface area (Å²) in [6, 6.07) is 8.19. The molecular weight excluding hydrogens is 242 g/mol. The molecule has 0 bridgehead atoms. The highest BCUT2D eigenvalue weighted by atomic mass is 79.9. The minimum atomic E-state index is 0.162. The number of nitrogens with one attached hydrogen (secondary N) is 1. The molecule has 74 valence electrons. The number of benzene rings is 1. The molecule has 0 spiro atoms. The maximum atomic E-state index is 11.3. The van der Waals surface area contributed by atoms with Crippen LogP contribution in [0.4, 0.5) is 0 Å². The first kappa shape index (κ1) is 9.71. The van der Waals surface area contributed by atoms with E-state index in [2.05, 4.69) is 33.4 Å². The molecule has 1 N–H and O–H groups in total. The van der Waals surface area contributed by atoms with Crippen molar-refractivity contribution in [2.75, 3.05) is 7.05 Å². The molecule has 14 heavy (non-hydrogen) atoms. The monoisotopic (exact) mass is 253 g/mol. The summed E-state index contributed by atoms with van der Waals surface area (Å²) in [4.78, 5) is 11.3. The lowest BCUT2D eigenvalue weighted by Crippen LogP contribution is -2.20. The number of carbonyl (C=O) groups excluding carboxylic acids is 1. The molecule has 1 aromatic carbocycles. The van der Waals surface area contributed by atoms with Crippen molar-refractivity contribution in [2.45, 2.75) is 12.3 Å². The SMILES string of the molecule is CNC(=O)[C@@H]1C[C@H]1c1cccc(Br)c1. The molecule has 1 aliphatic carbocycles. The summed E-state index contributed by atoms with van der Waals surface area (Å²) in [5.74, 6) is 0.775. The van der Waals surface area contributed by atoms with Crippen LogP contribution in [0.5, 0.6) is 0 Å². The fraction of sp³-hybridized carbons (Fsp3) is 0.364. The van der Waals surface area contributed by atoms with Gasteiger partial charge in [-0.15, -0.1) is 0 Å². The van der Waals surface area contributed by atoms with E-state index in [0.29, 0.717) is 5.92 Å². The summed E-state index contributed by atoms with van der Waals surface area (Å²) in [5.41, 5.74) is 1.26. The van der Waals surface area contributed by atoms with Crippen molar-refractivity contribution in [1.29, 1.82) is 0 Å². The van der Waals surface area contributed by atoms with E-state index in [1.807, 2.05) is 12.1 Å². The van der Waals surface area contributed by atoms with Crippen LogP contribution >= 0.6 is 15.9 Å². The van der Waals surface area contributed by atoms with Gasteiger partial charge < -0.3 is 5.32 Å². The van der Waals surface area contributed by atoms with Crippen LogP contribution < -0.4 is 5.32 Å². The van der Waals surface area contributed by atoms with Gasteiger partial charge in [-0.3, -0.25) is 4.79 Å². The first-order valence-electron chi connectivity index (χ1n) is 4.69. The Kier molecular flexibility index (Phi) is 2.59. The van der Waals surface area contributed by atoms with Crippen LogP contribution in [-0.4, -0.2) is 13.0 Å². The first-order valence-corrected chi connectivity index (χ1v) is 5.48. The van der Waals surface area contributed by atoms with E-state index in [1.165, 1.54) is 5.56 Å². The smallest absolute Gasteiger partial charge is 0.223 e. The van der Waals surface area contributed by atoms with Crippen LogP contribution in [0.3, 0.4) is 0 Å². The molecule has 1 saturated carbocycles. The molecule has 1 aromatic rings. The molecule has 3 heteroatoms. The van der Waals surface area contributed by atoms with Gasteiger partial charge in [0.15, 0.2) is 0 Å². The second-order valence-electron chi connectivity index (χ2n) is 3.62. The molecule has 0 unspecified atom stereocenters. The Hall–Kier alpha value is -0.830. The molecule has 0 radical (unpaired) electrons. The molecular formula is C11H12BrNO. The number of halogens is 1. The normalized spacial score (nSPS) is 24.4. The number of amides is 1. The Labute approximate surface area is 91.8 Å². The third-order valence-corrected chi connectivity index (χ3v) is 3.14. The summed E-state index contributed by atoms with van der Waals surface area (Å²) >= 11 is 3.43. The third-order valence-electron chi connectivity index (χ3n) is 2.65. The molecule has 1 aliphatic rings. The minimum Gasteiger partial charge on any atom is -0.359 e. The Bertz CT molecular complexity index is 364. The number of hydrogen-bond acceptors (Lipinski definition) is 1. The van der Waals surface area contributed by atoms with Gasteiger partial charge in [0, 0.05) is 17.4 Å². The van der Waals surface area contributed by atoms with Gasteiger partial charge in [0.25, 0.3) is 0 Å². The highest BCUT2D eigenvalue weighted by Crippen LogP contribution is 2.47. The fourth-order valence-electron chi connectivity index (χ4n) is 1.78. The van der Waals surface area contributed by atoms with Gasteiger partial charge in [0.2, 0.25) is 5.91 Å². The molecule has 2 rings (SSSR count). The summed E-state index contributed by atoms with van der Waals surface area (Å²) in [7, 11) is 1.69. The lowest BCUT2D eigenvalue weighted by molar-refractivity contribution is -0.121. The van der Waals surface area contributed by atoms with Gasteiger partial charge in [-0.05, 0) is 30.0 Å². The van der Waals surface area contributed by atoms with E-state index in [-0.39, 0.29) is 11.8 Å². The molecule has 1 fully saturated rings. The van der Waals surface area contributed by atoms with Crippen molar-refractivity contribution in [2.24, 2.45) is 5.92 Å². The van der Waals surface area contributed by atoms with Crippen molar-refractivity contribution in [3.63, 3.8) is 0 Å². The van der Waals surface area contributed by atoms with E-state index in [4.69, 9.17) is 0 Å². The van der Waals surface area contributed by atoms with Gasteiger partial charge in [0.1, 0.15) is 0 Å². The average Bonchev–Trinajstić information content (AvgIpc) is 2.96. The van der Waals surface area contributed by atoms with Gasteiger partial charge >= 0.3 is 0 Å². The topological polar surface area (TPSA) is 29.1 Å². The molecule has 2 nitrogen and oxygen atoms in total. The quantitative estimate of drug-likeness (QED) is 0.862.